The van der Waals surface area contributed by atoms with Gasteiger partial charge in [-0.15, -0.1) is 0 Å². The van der Waals surface area contributed by atoms with Crippen molar-refractivity contribution in [1.82, 2.24) is 4.98 Å². The predicted molar refractivity (Wildman–Crippen MR) is 57.2 cm³/mol. The Bertz CT molecular complexity index is 567. The van der Waals surface area contributed by atoms with E-state index in [-0.39, 0.29) is 12.4 Å². The Labute approximate surface area is 91.0 Å². The molecule has 0 aliphatic rings. The minimum absolute atomic E-state index is 0.191. The molecule has 5 nitrogen and oxygen atoms in total. The van der Waals surface area contributed by atoms with Crippen LogP contribution in [0.5, 0.6) is 0 Å². The van der Waals surface area contributed by atoms with Crippen LogP contribution in [0.2, 0.25) is 0 Å². The van der Waals surface area contributed by atoms with E-state index in [2.05, 4.69) is 4.98 Å². The number of aromatic amines is 1. The summed E-state index contributed by atoms with van der Waals surface area (Å²) >= 11 is 0. The van der Waals surface area contributed by atoms with Gasteiger partial charge in [-0.2, -0.15) is 0 Å². The lowest BCUT2D eigenvalue weighted by Crippen LogP contribution is -2.07. The topological polar surface area (TPSA) is 72.3 Å². The Morgan fingerprint density at radius 2 is 2.31 bits per heavy atom. The third-order valence-electron chi connectivity index (χ3n) is 2.14. The Balaban J connectivity index is 2.25. The first-order valence-corrected chi connectivity index (χ1v) is 4.96. The van der Waals surface area contributed by atoms with Gasteiger partial charge < -0.3 is 9.15 Å². The Morgan fingerprint density at radius 1 is 1.50 bits per heavy atom. The third kappa shape index (κ3) is 2.13. The highest BCUT2D eigenvalue weighted by Gasteiger charge is 2.06. The average Bonchev–Trinajstić information content (AvgIpc) is 2.57. The fourth-order valence-corrected chi connectivity index (χ4v) is 1.49. The van der Waals surface area contributed by atoms with Crippen molar-refractivity contribution in [1.29, 1.82) is 0 Å². The molecule has 16 heavy (non-hydrogen) atoms. The van der Waals surface area contributed by atoms with Crippen molar-refractivity contribution in [3.8, 4) is 0 Å². The molecule has 0 radical (unpaired) electrons. The second-order valence-electron chi connectivity index (χ2n) is 3.33. The summed E-state index contributed by atoms with van der Waals surface area (Å²) in [5.41, 5.74) is 1.85. The van der Waals surface area contributed by atoms with Crippen LogP contribution in [-0.4, -0.2) is 17.6 Å². The van der Waals surface area contributed by atoms with Gasteiger partial charge in [-0.1, -0.05) is 6.07 Å². The van der Waals surface area contributed by atoms with Crippen LogP contribution < -0.4 is 5.76 Å². The van der Waals surface area contributed by atoms with Crippen LogP contribution in [0.4, 0.5) is 0 Å². The summed E-state index contributed by atoms with van der Waals surface area (Å²) in [5, 5.41) is 0. The molecule has 1 aromatic carbocycles. The van der Waals surface area contributed by atoms with Gasteiger partial charge in [0.2, 0.25) is 0 Å². The summed E-state index contributed by atoms with van der Waals surface area (Å²) in [6.07, 6.45) is 0.191. The highest BCUT2D eigenvalue weighted by atomic mass is 16.5. The third-order valence-corrected chi connectivity index (χ3v) is 2.14. The Morgan fingerprint density at radius 3 is 3.06 bits per heavy atom. The number of fused-ring (bicyclic) bond motifs is 1. The Kier molecular flexibility index (Phi) is 2.76. The number of hydrogen-bond donors (Lipinski definition) is 1. The van der Waals surface area contributed by atoms with E-state index in [1.807, 2.05) is 0 Å². The van der Waals surface area contributed by atoms with Crippen molar-refractivity contribution in [2.45, 2.75) is 13.3 Å². The first-order chi connectivity index (χ1) is 7.69. The number of benzene rings is 1. The predicted octanol–water partition coefficient (Wildman–Crippen LogP) is 1.23. The van der Waals surface area contributed by atoms with Crippen molar-refractivity contribution in [3.05, 3.63) is 34.3 Å². The van der Waals surface area contributed by atoms with Gasteiger partial charge in [-0.05, 0) is 24.6 Å². The number of hydrogen-bond acceptors (Lipinski definition) is 4. The van der Waals surface area contributed by atoms with E-state index < -0.39 is 5.76 Å². The van der Waals surface area contributed by atoms with Gasteiger partial charge in [0.15, 0.2) is 5.58 Å². The maximum Gasteiger partial charge on any atom is 0.417 e. The highest BCUT2D eigenvalue weighted by molar-refractivity contribution is 5.77. The molecule has 2 aromatic rings. The molecule has 0 aliphatic heterocycles. The van der Waals surface area contributed by atoms with Crippen LogP contribution in [0, 0.1) is 0 Å². The largest absolute Gasteiger partial charge is 0.466 e. The molecule has 0 spiro atoms. The number of carbonyl (C=O) groups is 1. The van der Waals surface area contributed by atoms with Gasteiger partial charge in [-0.3, -0.25) is 9.78 Å². The molecule has 1 heterocycles. The molecule has 0 fully saturated rings. The number of rotatable bonds is 3. The fourth-order valence-electron chi connectivity index (χ4n) is 1.49. The first kappa shape index (κ1) is 10.5. The number of esters is 1. The summed E-state index contributed by atoms with van der Waals surface area (Å²) in [6, 6.07) is 5.09. The normalized spacial score (nSPS) is 10.6. The number of nitrogens with one attached hydrogen (secondary N) is 1. The van der Waals surface area contributed by atoms with E-state index in [9.17, 15) is 9.59 Å². The number of oxazole rings is 1. The van der Waals surface area contributed by atoms with Gasteiger partial charge in [0, 0.05) is 0 Å². The van der Waals surface area contributed by atoms with Gasteiger partial charge >= 0.3 is 11.7 Å². The molecule has 0 aliphatic carbocycles. The number of ether oxygens (including phenoxy) is 1. The molecular weight excluding hydrogens is 210 g/mol. The summed E-state index contributed by atoms with van der Waals surface area (Å²) in [7, 11) is 0. The van der Waals surface area contributed by atoms with Gasteiger partial charge in [0.05, 0.1) is 18.5 Å². The summed E-state index contributed by atoms with van der Waals surface area (Å²) in [6.45, 7) is 2.12. The maximum absolute atomic E-state index is 11.2. The van der Waals surface area contributed by atoms with Crippen molar-refractivity contribution >= 4 is 17.1 Å². The van der Waals surface area contributed by atoms with E-state index in [0.29, 0.717) is 17.7 Å². The number of H-pyrrole nitrogens is 1. The second-order valence-corrected chi connectivity index (χ2v) is 3.33. The minimum Gasteiger partial charge on any atom is -0.466 e. The molecule has 1 N–H and O–H groups in total. The molecule has 0 saturated carbocycles. The molecule has 5 heteroatoms. The van der Waals surface area contributed by atoms with Crippen molar-refractivity contribution in [3.63, 3.8) is 0 Å². The maximum atomic E-state index is 11.2. The van der Waals surface area contributed by atoms with Crippen molar-refractivity contribution in [2.24, 2.45) is 0 Å². The fraction of sp³-hybridized carbons (Fsp3) is 0.273. The molecule has 0 atom stereocenters. The van der Waals surface area contributed by atoms with Crippen LogP contribution in [-0.2, 0) is 16.0 Å². The number of carbonyl (C=O) groups excluding carboxylic acids is 1. The Hall–Kier alpha value is -2.04. The molecule has 0 unspecified atom stereocenters. The smallest absolute Gasteiger partial charge is 0.417 e. The summed E-state index contributed by atoms with van der Waals surface area (Å²) in [5.74, 6) is -0.782. The minimum atomic E-state index is -0.497. The van der Waals surface area contributed by atoms with E-state index in [1.54, 1.807) is 25.1 Å². The van der Waals surface area contributed by atoms with Crippen LogP contribution in [0.25, 0.3) is 11.1 Å². The second kappa shape index (κ2) is 4.22. The zero-order valence-corrected chi connectivity index (χ0v) is 8.78. The monoisotopic (exact) mass is 221 g/mol. The van der Waals surface area contributed by atoms with Crippen molar-refractivity contribution < 1.29 is 13.9 Å². The zero-order valence-electron chi connectivity index (χ0n) is 8.78. The van der Waals surface area contributed by atoms with Crippen LogP contribution >= 0.6 is 0 Å². The lowest BCUT2D eigenvalue weighted by molar-refractivity contribution is -0.142. The highest BCUT2D eigenvalue weighted by Crippen LogP contribution is 2.12. The van der Waals surface area contributed by atoms with E-state index in [4.69, 9.17) is 9.15 Å². The standard InChI is InChI=1S/C11H11NO4/c1-2-15-10(13)6-7-3-4-9-8(5-7)12-11(14)16-9/h3-5H,2,6H2,1H3,(H,12,14). The van der Waals surface area contributed by atoms with E-state index in [1.165, 1.54) is 0 Å². The van der Waals surface area contributed by atoms with E-state index in [0.717, 1.165) is 5.56 Å². The molecule has 0 saturated heterocycles. The first-order valence-electron chi connectivity index (χ1n) is 4.96. The van der Waals surface area contributed by atoms with Gasteiger partial charge in [-0.25, -0.2) is 4.79 Å². The summed E-state index contributed by atoms with van der Waals surface area (Å²) < 4.78 is 9.68. The number of aromatic nitrogens is 1. The molecular formula is C11H11NO4. The lowest BCUT2D eigenvalue weighted by Gasteiger charge is -2.01. The van der Waals surface area contributed by atoms with Crippen LogP contribution in [0.1, 0.15) is 12.5 Å². The van der Waals surface area contributed by atoms with Crippen LogP contribution in [0.3, 0.4) is 0 Å². The van der Waals surface area contributed by atoms with E-state index >= 15 is 0 Å². The average molecular weight is 221 g/mol. The summed E-state index contributed by atoms with van der Waals surface area (Å²) in [4.78, 5) is 24.7. The molecule has 2 rings (SSSR count). The molecule has 0 bridgehead atoms. The van der Waals surface area contributed by atoms with Gasteiger partial charge in [0.25, 0.3) is 0 Å². The SMILES string of the molecule is CCOC(=O)Cc1ccc2oc(=O)[nH]c2c1. The molecule has 84 valence electrons. The van der Waals surface area contributed by atoms with Crippen LogP contribution in [0.15, 0.2) is 27.4 Å². The zero-order chi connectivity index (χ0) is 11.5. The molecule has 0 amide bonds. The molecule has 1 aromatic heterocycles. The quantitative estimate of drug-likeness (QED) is 0.791. The lowest BCUT2D eigenvalue weighted by atomic mass is 10.1. The van der Waals surface area contributed by atoms with Crippen molar-refractivity contribution in [2.75, 3.05) is 6.61 Å². The van der Waals surface area contributed by atoms with Gasteiger partial charge in [0.1, 0.15) is 0 Å².